The summed E-state index contributed by atoms with van der Waals surface area (Å²) in [7, 11) is 1.74. The SMILES string of the molecule is COc1ccc(C)cc1CC(N)CC1CCCCC1. The molecule has 1 aliphatic carbocycles. The van der Waals surface area contributed by atoms with Crippen LogP contribution in [-0.2, 0) is 6.42 Å². The number of methoxy groups -OCH3 is 1. The van der Waals surface area contributed by atoms with E-state index in [9.17, 15) is 0 Å². The van der Waals surface area contributed by atoms with Gasteiger partial charge in [-0.05, 0) is 37.3 Å². The van der Waals surface area contributed by atoms with Crippen molar-refractivity contribution in [3.8, 4) is 5.75 Å². The minimum Gasteiger partial charge on any atom is -0.496 e. The summed E-state index contributed by atoms with van der Waals surface area (Å²) in [4.78, 5) is 0. The minimum absolute atomic E-state index is 0.263. The van der Waals surface area contributed by atoms with Crippen LogP contribution in [0.4, 0.5) is 0 Å². The van der Waals surface area contributed by atoms with Crippen LogP contribution >= 0.6 is 0 Å². The van der Waals surface area contributed by atoms with Crippen LogP contribution in [0.2, 0.25) is 0 Å². The Bertz CT molecular complexity index is 396. The highest BCUT2D eigenvalue weighted by atomic mass is 16.5. The normalized spacial score (nSPS) is 18.3. The minimum atomic E-state index is 0.263. The van der Waals surface area contributed by atoms with Gasteiger partial charge in [0.25, 0.3) is 0 Å². The lowest BCUT2D eigenvalue weighted by atomic mass is 9.84. The second-order valence-corrected chi connectivity index (χ2v) is 6.02. The Morgan fingerprint density at radius 2 is 2.00 bits per heavy atom. The number of hydrogen-bond acceptors (Lipinski definition) is 2. The zero-order valence-electron chi connectivity index (χ0n) is 12.3. The van der Waals surface area contributed by atoms with Gasteiger partial charge in [-0.1, -0.05) is 49.8 Å². The maximum atomic E-state index is 6.35. The molecular weight excluding hydrogens is 234 g/mol. The maximum Gasteiger partial charge on any atom is 0.122 e. The van der Waals surface area contributed by atoms with Gasteiger partial charge in [-0.2, -0.15) is 0 Å². The van der Waals surface area contributed by atoms with E-state index in [2.05, 4.69) is 25.1 Å². The molecule has 2 rings (SSSR count). The molecule has 0 spiro atoms. The summed E-state index contributed by atoms with van der Waals surface area (Å²) in [6.45, 7) is 2.12. The zero-order chi connectivity index (χ0) is 13.7. The molecule has 2 heteroatoms. The third-order valence-corrected chi connectivity index (χ3v) is 4.28. The lowest BCUT2D eigenvalue weighted by Crippen LogP contribution is -2.27. The van der Waals surface area contributed by atoms with Crippen molar-refractivity contribution in [2.45, 2.75) is 57.9 Å². The molecule has 0 saturated heterocycles. The molecule has 0 amide bonds. The molecule has 0 radical (unpaired) electrons. The maximum absolute atomic E-state index is 6.35. The Morgan fingerprint density at radius 3 is 2.68 bits per heavy atom. The van der Waals surface area contributed by atoms with Crippen molar-refractivity contribution in [2.75, 3.05) is 7.11 Å². The van der Waals surface area contributed by atoms with E-state index >= 15 is 0 Å². The molecular formula is C17H27NO. The van der Waals surface area contributed by atoms with Crippen molar-refractivity contribution in [3.63, 3.8) is 0 Å². The predicted octanol–water partition coefficient (Wildman–Crippen LogP) is 3.84. The third-order valence-electron chi connectivity index (χ3n) is 4.28. The number of aryl methyl sites for hydroxylation is 1. The van der Waals surface area contributed by atoms with Crippen LogP contribution in [0.25, 0.3) is 0 Å². The highest BCUT2D eigenvalue weighted by molar-refractivity contribution is 5.37. The average Bonchev–Trinajstić information content (AvgIpc) is 2.40. The molecule has 1 aromatic carbocycles. The van der Waals surface area contributed by atoms with Gasteiger partial charge in [0, 0.05) is 6.04 Å². The fraction of sp³-hybridized carbons (Fsp3) is 0.647. The second-order valence-electron chi connectivity index (χ2n) is 6.02. The average molecular weight is 261 g/mol. The van der Waals surface area contributed by atoms with Crippen LogP contribution in [0, 0.1) is 12.8 Å². The number of benzene rings is 1. The van der Waals surface area contributed by atoms with Crippen LogP contribution < -0.4 is 10.5 Å². The lowest BCUT2D eigenvalue weighted by molar-refractivity contribution is 0.315. The second kappa shape index (κ2) is 6.95. The molecule has 1 aliphatic rings. The standard InChI is InChI=1S/C17H27NO/c1-13-8-9-17(19-2)15(10-13)12-16(18)11-14-6-4-3-5-7-14/h8-10,14,16H,3-7,11-12,18H2,1-2H3. The fourth-order valence-corrected chi connectivity index (χ4v) is 3.28. The predicted molar refractivity (Wildman–Crippen MR) is 80.6 cm³/mol. The Balaban J connectivity index is 1.93. The quantitative estimate of drug-likeness (QED) is 0.874. The summed E-state index contributed by atoms with van der Waals surface area (Å²) >= 11 is 0. The third kappa shape index (κ3) is 4.24. The lowest BCUT2D eigenvalue weighted by Gasteiger charge is -2.25. The van der Waals surface area contributed by atoms with Crippen molar-refractivity contribution < 1.29 is 4.74 Å². The van der Waals surface area contributed by atoms with Crippen molar-refractivity contribution in [1.82, 2.24) is 0 Å². The summed E-state index contributed by atoms with van der Waals surface area (Å²) < 4.78 is 5.44. The summed E-state index contributed by atoms with van der Waals surface area (Å²) in [5, 5.41) is 0. The first kappa shape index (κ1) is 14.4. The molecule has 19 heavy (non-hydrogen) atoms. The van der Waals surface area contributed by atoms with Gasteiger partial charge < -0.3 is 10.5 Å². The van der Waals surface area contributed by atoms with E-state index in [1.54, 1.807) is 7.11 Å². The molecule has 1 saturated carbocycles. The van der Waals surface area contributed by atoms with Crippen molar-refractivity contribution in [3.05, 3.63) is 29.3 Å². The largest absolute Gasteiger partial charge is 0.496 e. The van der Waals surface area contributed by atoms with Crippen molar-refractivity contribution in [2.24, 2.45) is 11.7 Å². The van der Waals surface area contributed by atoms with Crippen LogP contribution in [0.3, 0.4) is 0 Å². The van der Waals surface area contributed by atoms with E-state index in [4.69, 9.17) is 10.5 Å². The van der Waals surface area contributed by atoms with E-state index in [1.165, 1.54) is 43.2 Å². The Labute approximate surface area is 117 Å². The van der Waals surface area contributed by atoms with E-state index < -0.39 is 0 Å². The van der Waals surface area contributed by atoms with E-state index in [1.807, 2.05) is 0 Å². The van der Waals surface area contributed by atoms with Crippen LogP contribution in [-0.4, -0.2) is 13.2 Å². The molecule has 0 heterocycles. The molecule has 2 nitrogen and oxygen atoms in total. The number of rotatable bonds is 5. The van der Waals surface area contributed by atoms with E-state index in [-0.39, 0.29) is 6.04 Å². The fourth-order valence-electron chi connectivity index (χ4n) is 3.28. The topological polar surface area (TPSA) is 35.2 Å². The number of ether oxygens (including phenoxy) is 1. The van der Waals surface area contributed by atoms with E-state index in [0.29, 0.717) is 0 Å². The Morgan fingerprint density at radius 1 is 1.26 bits per heavy atom. The van der Waals surface area contributed by atoms with Gasteiger partial charge in [-0.25, -0.2) is 0 Å². The Hall–Kier alpha value is -1.02. The van der Waals surface area contributed by atoms with E-state index in [0.717, 1.165) is 24.5 Å². The Kier molecular flexibility index (Phi) is 5.26. The summed E-state index contributed by atoms with van der Waals surface area (Å²) in [6, 6.07) is 6.62. The van der Waals surface area contributed by atoms with Gasteiger partial charge in [-0.15, -0.1) is 0 Å². The molecule has 2 N–H and O–H groups in total. The van der Waals surface area contributed by atoms with Gasteiger partial charge in [0.05, 0.1) is 7.11 Å². The molecule has 1 aromatic rings. The summed E-state index contributed by atoms with van der Waals surface area (Å²) in [5.74, 6) is 1.82. The van der Waals surface area contributed by atoms with Crippen LogP contribution in [0.5, 0.6) is 5.75 Å². The number of nitrogens with two attached hydrogens (primary N) is 1. The first-order valence-electron chi connectivity index (χ1n) is 7.58. The summed E-state index contributed by atoms with van der Waals surface area (Å²) in [5.41, 5.74) is 8.89. The first-order valence-corrected chi connectivity index (χ1v) is 7.58. The molecule has 0 bridgehead atoms. The highest BCUT2D eigenvalue weighted by Crippen LogP contribution is 2.28. The zero-order valence-corrected chi connectivity index (χ0v) is 12.3. The molecule has 1 unspecified atom stereocenters. The van der Waals surface area contributed by atoms with Gasteiger partial charge in [0.15, 0.2) is 0 Å². The molecule has 106 valence electrons. The van der Waals surface area contributed by atoms with Gasteiger partial charge in [-0.3, -0.25) is 0 Å². The van der Waals surface area contributed by atoms with Crippen LogP contribution in [0.1, 0.15) is 49.7 Å². The molecule has 0 aromatic heterocycles. The van der Waals surface area contributed by atoms with Crippen molar-refractivity contribution in [1.29, 1.82) is 0 Å². The number of hydrogen-bond donors (Lipinski definition) is 1. The first-order chi connectivity index (χ1) is 9.19. The van der Waals surface area contributed by atoms with Gasteiger partial charge >= 0.3 is 0 Å². The van der Waals surface area contributed by atoms with Crippen molar-refractivity contribution >= 4 is 0 Å². The summed E-state index contributed by atoms with van der Waals surface area (Å²) in [6.07, 6.45) is 9.05. The molecule has 1 atom stereocenters. The van der Waals surface area contributed by atoms with Crippen LogP contribution in [0.15, 0.2) is 18.2 Å². The van der Waals surface area contributed by atoms with Gasteiger partial charge in [0.1, 0.15) is 5.75 Å². The smallest absolute Gasteiger partial charge is 0.122 e. The van der Waals surface area contributed by atoms with Gasteiger partial charge in [0.2, 0.25) is 0 Å². The molecule has 0 aliphatic heterocycles. The highest BCUT2D eigenvalue weighted by Gasteiger charge is 2.18. The molecule has 1 fully saturated rings. The monoisotopic (exact) mass is 261 g/mol.